The van der Waals surface area contributed by atoms with Crippen molar-refractivity contribution >= 4 is 28.3 Å². The van der Waals surface area contributed by atoms with Crippen LogP contribution in [0, 0.1) is 11.5 Å². The van der Waals surface area contributed by atoms with Crippen LogP contribution < -0.4 is 10.1 Å². The molecule has 128 valence electrons. The average Bonchev–Trinajstić information content (AvgIpc) is 3.18. The van der Waals surface area contributed by atoms with E-state index in [2.05, 4.69) is 11.5 Å². The molecule has 2 aliphatic rings. The number of fused-ring (bicyclic) bond motifs is 3. The minimum atomic E-state index is -0.158. The van der Waals surface area contributed by atoms with Gasteiger partial charge in [0.05, 0.1) is 12.1 Å². The Kier molecular flexibility index (Phi) is 4.14. The van der Waals surface area contributed by atoms with Gasteiger partial charge in [-0.05, 0) is 31.4 Å². The highest BCUT2D eigenvalue weighted by Gasteiger charge is 2.46. The van der Waals surface area contributed by atoms with Crippen LogP contribution in [0.4, 0.5) is 0 Å². The predicted octanol–water partition coefficient (Wildman–Crippen LogP) is 3.07. The zero-order chi connectivity index (χ0) is 17.4. The Morgan fingerprint density at radius 2 is 2.08 bits per heavy atom. The zero-order valence-corrected chi connectivity index (χ0v) is 14.4. The third-order valence-electron chi connectivity index (χ3n) is 5.19. The van der Waals surface area contributed by atoms with Gasteiger partial charge in [0, 0.05) is 21.8 Å². The first-order valence-corrected chi connectivity index (χ1v) is 8.82. The number of nitrogens with zero attached hydrogens (tertiary/aromatic N) is 2. The standard InChI is InChI=1S/C19H18ClN3O2/c20-15-6-8-18(14-4-2-1-3-13(14)15)25-10-19(24)22-16-9-12-5-7-17(16)23(12)11-21/h1-4,6,8,12,16-17H,5,7,9-10H2,(H,22,24)/t12-,16+,17+/m0/s1. The summed E-state index contributed by atoms with van der Waals surface area (Å²) in [5, 5.41) is 14.7. The monoisotopic (exact) mass is 355 g/mol. The lowest BCUT2D eigenvalue weighted by Gasteiger charge is -2.22. The molecular formula is C19H18ClN3O2. The molecule has 0 saturated carbocycles. The smallest absolute Gasteiger partial charge is 0.258 e. The van der Waals surface area contributed by atoms with E-state index in [1.54, 1.807) is 12.1 Å². The summed E-state index contributed by atoms with van der Waals surface area (Å²) in [6.07, 6.45) is 5.10. The summed E-state index contributed by atoms with van der Waals surface area (Å²) >= 11 is 6.20. The van der Waals surface area contributed by atoms with Crippen LogP contribution in [0.3, 0.4) is 0 Å². The van der Waals surface area contributed by atoms with E-state index in [4.69, 9.17) is 16.3 Å². The zero-order valence-electron chi connectivity index (χ0n) is 13.6. The number of carbonyl (C=O) groups is 1. The van der Waals surface area contributed by atoms with Crippen molar-refractivity contribution < 1.29 is 9.53 Å². The molecule has 3 atom stereocenters. The van der Waals surface area contributed by atoms with Crippen molar-refractivity contribution in [2.45, 2.75) is 37.4 Å². The summed E-state index contributed by atoms with van der Waals surface area (Å²) in [5.41, 5.74) is 0. The average molecular weight is 356 g/mol. The molecule has 0 unspecified atom stereocenters. The van der Waals surface area contributed by atoms with Crippen LogP contribution in [-0.4, -0.2) is 35.5 Å². The van der Waals surface area contributed by atoms with E-state index in [-0.39, 0.29) is 30.6 Å². The van der Waals surface area contributed by atoms with Crippen molar-refractivity contribution in [3.8, 4) is 11.9 Å². The number of nitrogens with one attached hydrogen (secondary N) is 1. The minimum Gasteiger partial charge on any atom is -0.483 e. The van der Waals surface area contributed by atoms with E-state index in [1.807, 2.05) is 29.2 Å². The molecule has 6 heteroatoms. The Balaban J connectivity index is 1.40. The Labute approximate surface area is 151 Å². The third-order valence-corrected chi connectivity index (χ3v) is 5.52. The molecule has 4 rings (SSSR count). The number of carbonyl (C=O) groups excluding carboxylic acids is 1. The molecular weight excluding hydrogens is 338 g/mol. The molecule has 0 aliphatic carbocycles. The number of halogens is 1. The third kappa shape index (κ3) is 2.87. The van der Waals surface area contributed by atoms with Crippen molar-refractivity contribution in [2.75, 3.05) is 6.61 Å². The fourth-order valence-electron chi connectivity index (χ4n) is 4.05. The van der Waals surface area contributed by atoms with Crippen LogP contribution >= 0.6 is 11.6 Å². The van der Waals surface area contributed by atoms with Crippen LogP contribution in [-0.2, 0) is 4.79 Å². The largest absolute Gasteiger partial charge is 0.483 e. The van der Waals surface area contributed by atoms with Crippen LogP contribution in [0.15, 0.2) is 36.4 Å². The molecule has 0 aromatic heterocycles. The Morgan fingerprint density at radius 3 is 2.84 bits per heavy atom. The molecule has 2 saturated heterocycles. The first-order valence-electron chi connectivity index (χ1n) is 8.45. The molecule has 2 aromatic carbocycles. The van der Waals surface area contributed by atoms with Crippen molar-refractivity contribution in [2.24, 2.45) is 0 Å². The first kappa shape index (κ1) is 16.0. The number of hydrogen-bond acceptors (Lipinski definition) is 4. The van der Waals surface area contributed by atoms with Gasteiger partial charge in [0.1, 0.15) is 5.75 Å². The second-order valence-corrected chi connectivity index (χ2v) is 7.00. The van der Waals surface area contributed by atoms with Gasteiger partial charge < -0.3 is 15.0 Å². The van der Waals surface area contributed by atoms with Crippen LogP contribution in [0.1, 0.15) is 19.3 Å². The lowest BCUT2D eigenvalue weighted by molar-refractivity contribution is -0.123. The molecule has 2 aromatic rings. The maximum Gasteiger partial charge on any atom is 0.258 e. The highest BCUT2D eigenvalue weighted by molar-refractivity contribution is 6.35. The van der Waals surface area contributed by atoms with Crippen LogP contribution in [0.25, 0.3) is 10.8 Å². The Morgan fingerprint density at radius 1 is 1.28 bits per heavy atom. The van der Waals surface area contributed by atoms with Gasteiger partial charge in [-0.15, -0.1) is 0 Å². The van der Waals surface area contributed by atoms with E-state index in [0.29, 0.717) is 10.8 Å². The molecule has 1 amide bonds. The maximum atomic E-state index is 12.3. The Bertz CT molecular complexity index is 863. The van der Waals surface area contributed by atoms with Gasteiger partial charge in [-0.25, -0.2) is 0 Å². The first-order chi connectivity index (χ1) is 12.2. The highest BCUT2D eigenvalue weighted by Crippen LogP contribution is 2.37. The summed E-state index contributed by atoms with van der Waals surface area (Å²) in [4.78, 5) is 14.1. The second kappa shape index (κ2) is 6.45. The molecule has 2 heterocycles. The van der Waals surface area contributed by atoms with Gasteiger partial charge in [0.15, 0.2) is 12.8 Å². The van der Waals surface area contributed by atoms with E-state index < -0.39 is 0 Å². The molecule has 25 heavy (non-hydrogen) atoms. The summed E-state index contributed by atoms with van der Waals surface area (Å²) in [6.45, 7) is -0.0495. The number of rotatable bonds is 4. The molecule has 2 fully saturated rings. The van der Waals surface area contributed by atoms with Crippen molar-refractivity contribution in [1.82, 2.24) is 10.2 Å². The van der Waals surface area contributed by atoms with Gasteiger partial charge in [0.25, 0.3) is 5.91 Å². The topological polar surface area (TPSA) is 65.4 Å². The van der Waals surface area contributed by atoms with Crippen molar-refractivity contribution in [3.05, 3.63) is 41.4 Å². The number of hydrogen-bond donors (Lipinski definition) is 1. The number of benzene rings is 2. The lowest BCUT2D eigenvalue weighted by atomic mass is 9.95. The van der Waals surface area contributed by atoms with E-state index in [9.17, 15) is 10.1 Å². The number of nitriles is 1. The predicted molar refractivity (Wildman–Crippen MR) is 95.3 cm³/mol. The van der Waals surface area contributed by atoms with Gasteiger partial charge in [-0.2, -0.15) is 5.26 Å². The van der Waals surface area contributed by atoms with Gasteiger partial charge >= 0.3 is 0 Å². The quantitative estimate of drug-likeness (QED) is 0.856. The number of amides is 1. The maximum absolute atomic E-state index is 12.3. The van der Waals surface area contributed by atoms with Gasteiger partial charge in [-0.1, -0.05) is 35.9 Å². The Hall–Kier alpha value is -2.45. The molecule has 0 spiro atoms. The van der Waals surface area contributed by atoms with Crippen LogP contribution in [0.2, 0.25) is 5.02 Å². The van der Waals surface area contributed by atoms with Crippen molar-refractivity contribution in [3.63, 3.8) is 0 Å². The summed E-state index contributed by atoms with van der Waals surface area (Å²) in [6, 6.07) is 11.7. The summed E-state index contributed by atoms with van der Waals surface area (Å²) in [7, 11) is 0. The van der Waals surface area contributed by atoms with Crippen molar-refractivity contribution in [1.29, 1.82) is 5.26 Å². The van der Waals surface area contributed by atoms with E-state index >= 15 is 0 Å². The summed E-state index contributed by atoms with van der Waals surface area (Å²) < 4.78 is 5.73. The lowest BCUT2D eigenvalue weighted by Crippen LogP contribution is -2.44. The molecule has 5 nitrogen and oxygen atoms in total. The second-order valence-electron chi connectivity index (χ2n) is 6.60. The van der Waals surface area contributed by atoms with E-state index in [0.717, 1.165) is 30.0 Å². The normalized spacial score (nSPS) is 24.3. The fourth-order valence-corrected chi connectivity index (χ4v) is 4.28. The van der Waals surface area contributed by atoms with E-state index in [1.165, 1.54) is 0 Å². The minimum absolute atomic E-state index is 0.0384. The summed E-state index contributed by atoms with van der Waals surface area (Å²) in [5.74, 6) is 0.483. The SMILES string of the molecule is N#CN1[C@H]2CC[C@@H]1[C@H](NC(=O)COc1ccc(Cl)c3ccccc13)C2. The van der Waals surface area contributed by atoms with Crippen LogP contribution in [0.5, 0.6) is 5.75 Å². The number of ether oxygens (including phenoxy) is 1. The fraction of sp³-hybridized carbons (Fsp3) is 0.368. The molecule has 0 radical (unpaired) electrons. The van der Waals surface area contributed by atoms with Gasteiger partial charge in [0.2, 0.25) is 0 Å². The molecule has 2 aliphatic heterocycles. The molecule has 2 bridgehead atoms. The molecule has 1 N–H and O–H groups in total. The van der Waals surface area contributed by atoms with Gasteiger partial charge in [-0.3, -0.25) is 4.79 Å². The highest BCUT2D eigenvalue weighted by atomic mass is 35.5.